The average molecular weight is 702 g/mol. The SMILES string of the molecule is COc1ccc([C@H]2C3=CC[C@@H]4C(=O)N(CCCC(=O)O)C(=O)[C@@H]4[C@@H]3C[C@H]3C(=O)N(Nc4ccc(F)cc4)C(=O)[C@@]23c2ccc(Cl)cc2)c(O)c1. The van der Waals surface area contributed by atoms with Gasteiger partial charge in [0.15, 0.2) is 0 Å². The van der Waals surface area contributed by atoms with Crippen LogP contribution in [-0.2, 0) is 29.4 Å². The van der Waals surface area contributed by atoms with Crippen LogP contribution in [0.2, 0.25) is 5.02 Å². The number of anilines is 1. The average Bonchev–Trinajstić information content (AvgIpc) is 3.46. The third-order valence-electron chi connectivity index (χ3n) is 10.7. The van der Waals surface area contributed by atoms with Crippen LogP contribution in [0.25, 0.3) is 0 Å². The van der Waals surface area contributed by atoms with Gasteiger partial charge in [0.25, 0.3) is 11.8 Å². The molecule has 2 aliphatic heterocycles. The molecule has 1 saturated carbocycles. The van der Waals surface area contributed by atoms with E-state index in [0.717, 1.165) is 9.91 Å². The smallest absolute Gasteiger partial charge is 0.303 e. The summed E-state index contributed by atoms with van der Waals surface area (Å²) in [5.41, 5.74) is 2.93. The molecule has 3 aromatic rings. The van der Waals surface area contributed by atoms with E-state index in [4.69, 9.17) is 21.4 Å². The Morgan fingerprint density at radius 1 is 1.00 bits per heavy atom. The Hall–Kier alpha value is -5.23. The molecule has 0 bridgehead atoms. The van der Waals surface area contributed by atoms with Crippen LogP contribution in [-0.4, -0.2) is 63.4 Å². The molecule has 11 nitrogen and oxygen atoms in total. The molecule has 13 heteroatoms. The molecule has 4 aliphatic rings. The largest absolute Gasteiger partial charge is 0.508 e. The van der Waals surface area contributed by atoms with E-state index >= 15 is 4.79 Å². The fourth-order valence-electron chi connectivity index (χ4n) is 8.57. The molecule has 0 radical (unpaired) electrons. The summed E-state index contributed by atoms with van der Waals surface area (Å²) in [4.78, 5) is 69.7. The molecule has 50 heavy (non-hydrogen) atoms. The molecule has 0 unspecified atom stereocenters. The number of carbonyl (C=O) groups excluding carboxylic acids is 4. The zero-order valence-electron chi connectivity index (χ0n) is 26.8. The number of nitrogens with zero attached hydrogens (tertiary/aromatic N) is 2. The second kappa shape index (κ2) is 12.6. The maximum atomic E-state index is 15.1. The monoisotopic (exact) mass is 701 g/mol. The van der Waals surface area contributed by atoms with Gasteiger partial charge in [0.2, 0.25) is 11.8 Å². The van der Waals surface area contributed by atoms with Crippen molar-refractivity contribution < 1.29 is 43.3 Å². The second-order valence-electron chi connectivity index (χ2n) is 13.1. The number of fused-ring (bicyclic) bond motifs is 4. The number of methoxy groups -OCH3 is 1. The van der Waals surface area contributed by atoms with Crippen LogP contribution in [0.15, 0.2) is 78.4 Å². The highest BCUT2D eigenvalue weighted by atomic mass is 35.5. The number of likely N-dealkylation sites (tertiary alicyclic amines) is 1. The van der Waals surface area contributed by atoms with Crippen molar-refractivity contribution in [2.45, 2.75) is 37.0 Å². The van der Waals surface area contributed by atoms with Gasteiger partial charge in [-0.05, 0) is 73.2 Å². The van der Waals surface area contributed by atoms with Gasteiger partial charge in [0.05, 0.1) is 36.0 Å². The molecule has 2 aliphatic carbocycles. The number of carboxylic acid groups (broad SMARTS) is 1. The number of phenols is 1. The number of amides is 4. The van der Waals surface area contributed by atoms with Crippen molar-refractivity contribution in [1.82, 2.24) is 9.91 Å². The lowest BCUT2D eigenvalue weighted by molar-refractivity contribution is -0.142. The van der Waals surface area contributed by atoms with Gasteiger partial charge in [0, 0.05) is 35.5 Å². The summed E-state index contributed by atoms with van der Waals surface area (Å²) in [6.45, 7) is -0.0490. The van der Waals surface area contributed by atoms with Crippen LogP contribution in [0, 0.1) is 29.5 Å². The van der Waals surface area contributed by atoms with Crippen LogP contribution in [0.3, 0.4) is 0 Å². The van der Waals surface area contributed by atoms with Gasteiger partial charge in [-0.3, -0.25) is 34.3 Å². The molecular formula is C37H33ClFN3O8. The van der Waals surface area contributed by atoms with E-state index in [9.17, 15) is 28.7 Å². The standard InChI is InChI=1S/C37H33ClFN3O8/c1-50-23-12-13-25(29(43)17-23)32-24-14-15-26-31(35(48)41(33(26)46)16-2-3-30(44)45)27(24)18-28-34(47)42(40-22-10-8-21(39)9-11-22)36(49)37(28,32)19-4-6-20(38)7-5-19/h4-14,17,26-28,31-32,40,43H,2-3,15-16,18H2,1H3,(H,44,45)/t26-,27+,28-,31-,32+,37+/m0/s1. The Bertz CT molecular complexity index is 1950. The van der Waals surface area contributed by atoms with Crippen LogP contribution < -0.4 is 10.2 Å². The van der Waals surface area contributed by atoms with Crippen LogP contribution in [0.1, 0.15) is 42.7 Å². The highest BCUT2D eigenvalue weighted by Gasteiger charge is 2.70. The number of nitrogens with one attached hydrogen (secondary N) is 1. The number of halogens is 2. The zero-order chi connectivity index (χ0) is 35.5. The topological polar surface area (TPSA) is 154 Å². The summed E-state index contributed by atoms with van der Waals surface area (Å²) in [5, 5.41) is 22.0. The molecule has 2 heterocycles. The summed E-state index contributed by atoms with van der Waals surface area (Å²) >= 11 is 6.31. The Labute approximate surface area is 291 Å². The van der Waals surface area contributed by atoms with E-state index < -0.39 is 70.4 Å². The molecule has 3 N–H and O–H groups in total. The van der Waals surface area contributed by atoms with E-state index in [2.05, 4.69) is 5.43 Å². The lowest BCUT2D eigenvalue weighted by atomic mass is 9.49. The molecule has 3 fully saturated rings. The fourth-order valence-corrected chi connectivity index (χ4v) is 8.69. The minimum atomic E-state index is -1.65. The lowest BCUT2D eigenvalue weighted by Gasteiger charge is -2.50. The van der Waals surface area contributed by atoms with Crippen LogP contribution >= 0.6 is 11.6 Å². The first-order chi connectivity index (χ1) is 24.0. The first kappa shape index (κ1) is 33.3. The number of rotatable bonds is 9. The van der Waals surface area contributed by atoms with Gasteiger partial charge < -0.3 is 14.9 Å². The van der Waals surface area contributed by atoms with Crippen LogP contribution in [0.4, 0.5) is 10.1 Å². The summed E-state index contributed by atoms with van der Waals surface area (Å²) in [6.07, 6.45) is 1.94. The number of phenolic OH excluding ortho intramolecular Hbond substituents is 1. The normalized spacial score (nSPS) is 27.1. The molecule has 6 atom stereocenters. The number of carboxylic acids is 1. The number of benzene rings is 3. The number of hydrogen-bond acceptors (Lipinski definition) is 8. The number of imide groups is 2. The maximum absolute atomic E-state index is 15.1. The number of allylic oxidation sites excluding steroid dienone is 2. The van der Waals surface area contributed by atoms with Crippen molar-refractivity contribution in [3.05, 3.63) is 100 Å². The summed E-state index contributed by atoms with van der Waals surface area (Å²) in [7, 11) is 1.45. The highest BCUT2D eigenvalue weighted by Crippen LogP contribution is 2.65. The third-order valence-corrected chi connectivity index (χ3v) is 10.9. The summed E-state index contributed by atoms with van der Waals surface area (Å²) in [5.74, 6) is -7.77. The van der Waals surface area contributed by atoms with Crippen molar-refractivity contribution in [2.75, 3.05) is 19.1 Å². The van der Waals surface area contributed by atoms with Gasteiger partial charge in [-0.15, -0.1) is 0 Å². The van der Waals surface area contributed by atoms with Gasteiger partial charge in [-0.2, -0.15) is 5.01 Å². The number of ether oxygens (including phenoxy) is 1. The second-order valence-corrected chi connectivity index (χ2v) is 13.6. The molecule has 0 aromatic heterocycles. The van der Waals surface area contributed by atoms with E-state index in [1.165, 1.54) is 37.4 Å². The minimum Gasteiger partial charge on any atom is -0.508 e. The lowest BCUT2D eigenvalue weighted by Crippen LogP contribution is -2.53. The van der Waals surface area contributed by atoms with Crippen LogP contribution in [0.5, 0.6) is 11.5 Å². The van der Waals surface area contributed by atoms with Gasteiger partial charge in [0.1, 0.15) is 17.3 Å². The van der Waals surface area contributed by atoms with E-state index in [1.54, 1.807) is 36.4 Å². The number of hydrogen-bond donors (Lipinski definition) is 3. The Morgan fingerprint density at radius 2 is 1.72 bits per heavy atom. The van der Waals surface area contributed by atoms with Crippen molar-refractivity contribution in [3.8, 4) is 11.5 Å². The maximum Gasteiger partial charge on any atom is 0.303 e. The minimum absolute atomic E-state index is 0.0250. The Morgan fingerprint density at radius 3 is 2.38 bits per heavy atom. The number of aliphatic carboxylic acids is 1. The van der Waals surface area contributed by atoms with Gasteiger partial charge in [-0.1, -0.05) is 41.4 Å². The summed E-state index contributed by atoms with van der Waals surface area (Å²) < 4.78 is 19.1. The number of carbonyl (C=O) groups is 5. The van der Waals surface area contributed by atoms with Crippen molar-refractivity contribution in [1.29, 1.82) is 0 Å². The predicted molar refractivity (Wildman–Crippen MR) is 177 cm³/mol. The van der Waals surface area contributed by atoms with Crippen molar-refractivity contribution >= 4 is 46.9 Å². The Kier molecular flexibility index (Phi) is 8.37. The number of aromatic hydroxyl groups is 1. The van der Waals surface area contributed by atoms with Crippen molar-refractivity contribution in [3.63, 3.8) is 0 Å². The molecular weight excluding hydrogens is 669 g/mol. The molecule has 3 aromatic carbocycles. The third kappa shape index (κ3) is 5.12. The molecule has 7 rings (SSSR count). The Balaban J connectivity index is 1.41. The fraction of sp³-hybridized carbons (Fsp3) is 0.324. The first-order valence-electron chi connectivity index (χ1n) is 16.3. The van der Waals surface area contributed by atoms with Gasteiger partial charge >= 0.3 is 5.97 Å². The van der Waals surface area contributed by atoms with E-state index in [-0.39, 0.29) is 43.7 Å². The zero-order valence-corrected chi connectivity index (χ0v) is 27.6. The van der Waals surface area contributed by atoms with E-state index in [1.807, 2.05) is 6.08 Å². The molecule has 258 valence electrons. The highest BCUT2D eigenvalue weighted by molar-refractivity contribution is 6.30. The number of hydrazine groups is 1. The predicted octanol–water partition coefficient (Wildman–Crippen LogP) is 5.04. The quantitative estimate of drug-likeness (QED) is 0.206. The first-order valence-corrected chi connectivity index (χ1v) is 16.7. The van der Waals surface area contributed by atoms with Crippen molar-refractivity contribution in [2.24, 2.45) is 23.7 Å². The summed E-state index contributed by atoms with van der Waals surface area (Å²) in [6, 6.07) is 16.5. The molecule has 0 spiro atoms. The molecule has 4 amide bonds. The van der Waals surface area contributed by atoms with E-state index in [0.29, 0.717) is 27.5 Å². The van der Waals surface area contributed by atoms with Gasteiger partial charge in [-0.25, -0.2) is 4.39 Å². The molecule has 2 saturated heterocycles.